The second-order valence-electron chi connectivity index (χ2n) is 5.59. The molecule has 1 aromatic carbocycles. The van der Waals surface area contributed by atoms with Crippen molar-refractivity contribution in [3.63, 3.8) is 0 Å². The summed E-state index contributed by atoms with van der Waals surface area (Å²) >= 11 is 5.90. The predicted molar refractivity (Wildman–Crippen MR) is 76.3 cm³/mol. The lowest BCUT2D eigenvalue weighted by Crippen LogP contribution is -2.43. The monoisotopic (exact) mass is 281 g/mol. The van der Waals surface area contributed by atoms with E-state index in [1.165, 1.54) is 0 Å². The van der Waals surface area contributed by atoms with Gasteiger partial charge < -0.3 is 5.11 Å². The van der Waals surface area contributed by atoms with Crippen LogP contribution in [-0.2, 0) is 4.79 Å². The van der Waals surface area contributed by atoms with Crippen LogP contribution in [0.25, 0.3) is 0 Å². The van der Waals surface area contributed by atoms with Gasteiger partial charge in [-0.15, -0.1) is 0 Å². The van der Waals surface area contributed by atoms with Crippen molar-refractivity contribution >= 4 is 17.6 Å². The van der Waals surface area contributed by atoms with E-state index in [-0.39, 0.29) is 12.0 Å². The molecule has 0 heterocycles. The molecular weight excluding hydrogens is 262 g/mol. The zero-order chi connectivity index (χ0) is 14.0. The highest BCUT2D eigenvalue weighted by molar-refractivity contribution is 6.30. The Morgan fingerprint density at radius 2 is 1.89 bits per heavy atom. The molecule has 0 aliphatic heterocycles. The highest BCUT2D eigenvalue weighted by Crippen LogP contribution is 2.41. The molecule has 2 rings (SSSR count). The van der Waals surface area contributed by atoms with Crippen LogP contribution in [0.15, 0.2) is 24.3 Å². The van der Waals surface area contributed by atoms with Gasteiger partial charge in [-0.2, -0.15) is 0 Å². The number of carbonyl (C=O) groups is 1. The van der Waals surface area contributed by atoms with E-state index in [1.54, 1.807) is 0 Å². The summed E-state index contributed by atoms with van der Waals surface area (Å²) in [7, 11) is 0. The Labute approximate surface area is 119 Å². The Hall–Kier alpha value is -1.06. The molecule has 104 valence electrons. The Bertz CT molecular complexity index is 440. The number of halogens is 1. The van der Waals surface area contributed by atoms with Crippen molar-refractivity contribution in [2.45, 2.75) is 38.8 Å². The van der Waals surface area contributed by atoms with Crippen molar-refractivity contribution in [2.24, 2.45) is 11.8 Å². The first-order valence-corrected chi connectivity index (χ1v) is 7.11. The van der Waals surface area contributed by atoms with Gasteiger partial charge in [-0.1, -0.05) is 37.6 Å². The number of rotatable bonds is 6. The minimum atomic E-state index is -0.783. The van der Waals surface area contributed by atoms with Gasteiger partial charge >= 0.3 is 5.97 Å². The molecule has 0 radical (unpaired) electrons. The van der Waals surface area contributed by atoms with Gasteiger partial charge in [0.25, 0.3) is 0 Å². The average Bonchev–Trinajstić information content (AvgIpc) is 3.15. The topological polar surface area (TPSA) is 49.3 Å². The van der Waals surface area contributed by atoms with Gasteiger partial charge in [-0.05, 0) is 42.4 Å². The van der Waals surface area contributed by atoms with Gasteiger partial charge in [0, 0.05) is 11.1 Å². The fourth-order valence-corrected chi connectivity index (χ4v) is 2.47. The van der Waals surface area contributed by atoms with E-state index in [4.69, 9.17) is 11.6 Å². The minimum Gasteiger partial charge on any atom is -0.480 e. The maximum Gasteiger partial charge on any atom is 0.320 e. The Balaban J connectivity index is 2.16. The molecule has 2 atom stereocenters. The average molecular weight is 282 g/mol. The number of benzene rings is 1. The summed E-state index contributed by atoms with van der Waals surface area (Å²) in [6.07, 6.45) is 2.31. The van der Waals surface area contributed by atoms with E-state index in [2.05, 4.69) is 5.32 Å². The highest BCUT2D eigenvalue weighted by atomic mass is 35.5. The van der Waals surface area contributed by atoms with Crippen molar-refractivity contribution in [3.05, 3.63) is 34.9 Å². The van der Waals surface area contributed by atoms with Crippen molar-refractivity contribution in [1.82, 2.24) is 5.32 Å². The molecule has 2 N–H and O–H groups in total. The van der Waals surface area contributed by atoms with Gasteiger partial charge in [0.15, 0.2) is 0 Å². The summed E-state index contributed by atoms with van der Waals surface area (Å²) in [5, 5.41) is 13.3. The lowest BCUT2D eigenvalue weighted by molar-refractivity contribution is -0.141. The van der Waals surface area contributed by atoms with E-state index in [1.807, 2.05) is 38.1 Å². The van der Waals surface area contributed by atoms with E-state index < -0.39 is 12.0 Å². The third kappa shape index (κ3) is 3.71. The first-order valence-electron chi connectivity index (χ1n) is 6.73. The fraction of sp³-hybridized carbons (Fsp3) is 0.533. The molecule has 1 aliphatic carbocycles. The number of carboxylic acids is 1. The molecule has 0 spiro atoms. The van der Waals surface area contributed by atoms with Crippen LogP contribution in [0.4, 0.5) is 0 Å². The van der Waals surface area contributed by atoms with Gasteiger partial charge in [0.05, 0.1) is 0 Å². The van der Waals surface area contributed by atoms with Crippen molar-refractivity contribution in [2.75, 3.05) is 0 Å². The lowest BCUT2D eigenvalue weighted by atomic mass is 9.97. The van der Waals surface area contributed by atoms with Crippen LogP contribution in [0.1, 0.15) is 38.3 Å². The van der Waals surface area contributed by atoms with Crippen LogP contribution in [0.3, 0.4) is 0 Å². The van der Waals surface area contributed by atoms with E-state index in [0.717, 1.165) is 18.4 Å². The second-order valence-corrected chi connectivity index (χ2v) is 6.03. The number of hydrogen-bond acceptors (Lipinski definition) is 2. The van der Waals surface area contributed by atoms with E-state index in [0.29, 0.717) is 10.9 Å². The Kier molecular flexibility index (Phi) is 4.48. The lowest BCUT2D eigenvalue weighted by Gasteiger charge is -2.26. The van der Waals surface area contributed by atoms with Crippen molar-refractivity contribution in [1.29, 1.82) is 0 Å². The number of aliphatic carboxylic acids is 1. The summed E-state index contributed by atoms with van der Waals surface area (Å²) in [4.78, 5) is 11.3. The summed E-state index contributed by atoms with van der Waals surface area (Å²) in [6.45, 7) is 3.86. The molecule has 2 unspecified atom stereocenters. The third-order valence-electron chi connectivity index (χ3n) is 3.61. The Morgan fingerprint density at radius 3 is 2.32 bits per heavy atom. The van der Waals surface area contributed by atoms with Crippen LogP contribution in [-0.4, -0.2) is 17.1 Å². The molecule has 4 heteroatoms. The molecule has 1 aliphatic rings. The van der Waals surface area contributed by atoms with Gasteiger partial charge in [0.2, 0.25) is 0 Å². The molecule has 0 bridgehead atoms. The van der Waals surface area contributed by atoms with Gasteiger partial charge in [0.1, 0.15) is 6.04 Å². The summed E-state index contributed by atoms with van der Waals surface area (Å²) < 4.78 is 0. The van der Waals surface area contributed by atoms with E-state index in [9.17, 15) is 9.90 Å². The highest BCUT2D eigenvalue weighted by Gasteiger charge is 2.35. The number of carboxylic acid groups (broad SMARTS) is 1. The van der Waals surface area contributed by atoms with Crippen LogP contribution < -0.4 is 5.32 Å². The molecule has 0 saturated heterocycles. The quantitative estimate of drug-likeness (QED) is 0.839. The van der Waals surface area contributed by atoms with Crippen LogP contribution in [0.2, 0.25) is 5.02 Å². The smallest absolute Gasteiger partial charge is 0.320 e. The third-order valence-corrected chi connectivity index (χ3v) is 3.87. The number of hydrogen-bond donors (Lipinski definition) is 2. The maximum absolute atomic E-state index is 11.3. The molecule has 1 saturated carbocycles. The summed E-state index contributed by atoms with van der Waals surface area (Å²) in [6, 6.07) is 7.29. The molecule has 19 heavy (non-hydrogen) atoms. The first kappa shape index (κ1) is 14.4. The zero-order valence-corrected chi connectivity index (χ0v) is 12.0. The maximum atomic E-state index is 11.3. The number of nitrogens with one attached hydrogen (secondary N) is 1. The first-order chi connectivity index (χ1) is 8.99. The molecule has 3 nitrogen and oxygen atoms in total. The molecule has 0 amide bonds. The Morgan fingerprint density at radius 1 is 1.32 bits per heavy atom. The summed E-state index contributed by atoms with van der Waals surface area (Å²) in [5.74, 6) is -0.178. The summed E-state index contributed by atoms with van der Waals surface area (Å²) in [5.41, 5.74) is 1.12. The van der Waals surface area contributed by atoms with Crippen LogP contribution in [0, 0.1) is 11.8 Å². The minimum absolute atomic E-state index is 0.0612. The standard InChI is InChI=1S/C15H20ClNO2/c1-9(2)13(15(18)19)17-14(10-3-4-10)11-5-7-12(16)8-6-11/h5-10,13-14,17H,3-4H2,1-2H3,(H,18,19). The van der Waals surface area contributed by atoms with E-state index >= 15 is 0 Å². The van der Waals surface area contributed by atoms with Crippen molar-refractivity contribution in [3.8, 4) is 0 Å². The largest absolute Gasteiger partial charge is 0.480 e. The predicted octanol–water partition coefficient (Wildman–Crippen LogP) is 3.49. The van der Waals surface area contributed by atoms with Gasteiger partial charge in [-0.3, -0.25) is 10.1 Å². The molecule has 1 aromatic rings. The van der Waals surface area contributed by atoms with Gasteiger partial charge in [-0.25, -0.2) is 0 Å². The fourth-order valence-electron chi connectivity index (χ4n) is 2.35. The zero-order valence-electron chi connectivity index (χ0n) is 11.3. The SMILES string of the molecule is CC(C)C(NC(c1ccc(Cl)cc1)C1CC1)C(=O)O. The van der Waals surface area contributed by atoms with Crippen molar-refractivity contribution < 1.29 is 9.90 Å². The molecule has 1 fully saturated rings. The molecular formula is C15H20ClNO2. The second kappa shape index (κ2) is 5.93. The molecule has 0 aromatic heterocycles. The van der Waals surface area contributed by atoms with Crippen LogP contribution in [0.5, 0.6) is 0 Å². The normalized spacial score (nSPS) is 18.3. The van der Waals surface area contributed by atoms with Crippen LogP contribution >= 0.6 is 11.6 Å².